The molecule has 1 aromatic carbocycles. The van der Waals surface area contributed by atoms with Crippen LogP contribution in [0.5, 0.6) is 0 Å². The Labute approximate surface area is 123 Å². The van der Waals surface area contributed by atoms with Gasteiger partial charge in [-0.25, -0.2) is 9.37 Å². The van der Waals surface area contributed by atoms with E-state index in [9.17, 15) is 9.18 Å². The highest BCUT2D eigenvalue weighted by Gasteiger charge is 2.14. The summed E-state index contributed by atoms with van der Waals surface area (Å²) in [5.41, 5.74) is -0.157. The smallest absolute Gasteiger partial charge is 0.260 e. The lowest BCUT2D eigenvalue weighted by Crippen LogP contribution is -2.13. The monoisotopic (exact) mass is 310 g/mol. The van der Waals surface area contributed by atoms with Crippen molar-refractivity contribution in [1.29, 1.82) is 0 Å². The van der Waals surface area contributed by atoms with Gasteiger partial charge in [-0.1, -0.05) is 34.8 Å². The molecule has 1 aromatic heterocycles. The van der Waals surface area contributed by atoms with Crippen molar-refractivity contribution in [2.45, 2.75) is 0 Å². The molecule has 0 atom stereocenters. The molecule has 0 spiro atoms. The molecule has 0 aliphatic rings. The Bertz CT molecular complexity index is 706. The number of rotatable bonds is 2. The maximum absolute atomic E-state index is 13.5. The van der Waals surface area contributed by atoms with E-state index < -0.39 is 11.7 Å². The molecule has 0 fully saturated rings. The Morgan fingerprint density at radius 1 is 1.55 bits per heavy atom. The van der Waals surface area contributed by atoms with Gasteiger partial charge in [0.15, 0.2) is 5.13 Å². The predicted octanol–water partition coefficient (Wildman–Crippen LogP) is 2.53. The van der Waals surface area contributed by atoms with Crippen molar-refractivity contribution < 1.29 is 14.3 Å². The summed E-state index contributed by atoms with van der Waals surface area (Å²) in [6.07, 6.45) is 1.46. The molecule has 20 heavy (non-hydrogen) atoms. The highest BCUT2D eigenvalue weighted by atomic mass is 35.5. The van der Waals surface area contributed by atoms with Crippen LogP contribution in [0.15, 0.2) is 24.4 Å². The third-order valence-electron chi connectivity index (χ3n) is 2.19. The molecule has 0 unspecified atom stereocenters. The number of halogens is 2. The number of hydrogen-bond acceptors (Lipinski definition) is 4. The Balaban J connectivity index is 2.15. The third kappa shape index (κ3) is 3.54. The van der Waals surface area contributed by atoms with Crippen LogP contribution in [-0.2, 0) is 0 Å². The molecular weight excluding hydrogens is 303 g/mol. The third-order valence-corrected chi connectivity index (χ3v) is 3.25. The summed E-state index contributed by atoms with van der Waals surface area (Å²) >= 11 is 6.85. The first-order valence-electron chi connectivity index (χ1n) is 5.42. The van der Waals surface area contributed by atoms with Gasteiger partial charge in [0.25, 0.3) is 5.91 Å². The Morgan fingerprint density at radius 3 is 3.10 bits per heavy atom. The minimum atomic E-state index is -0.663. The zero-order valence-electron chi connectivity index (χ0n) is 9.98. The first-order valence-corrected chi connectivity index (χ1v) is 6.61. The molecule has 102 valence electrons. The number of aliphatic hydroxyl groups excluding tert-OH is 1. The van der Waals surface area contributed by atoms with E-state index in [1.165, 1.54) is 18.3 Å². The molecule has 0 aliphatic carbocycles. The second-order valence-electron chi connectivity index (χ2n) is 3.57. The maximum atomic E-state index is 13.5. The lowest BCUT2D eigenvalue weighted by atomic mass is 10.2. The van der Waals surface area contributed by atoms with Gasteiger partial charge in [0, 0.05) is 5.02 Å². The summed E-state index contributed by atoms with van der Waals surface area (Å²) in [5.74, 6) is 3.82. The van der Waals surface area contributed by atoms with Gasteiger partial charge in [-0.3, -0.25) is 10.1 Å². The number of carbonyl (C=O) groups excluding carboxylic acids is 1. The van der Waals surface area contributed by atoms with Crippen molar-refractivity contribution in [2.75, 3.05) is 11.9 Å². The van der Waals surface area contributed by atoms with E-state index in [-0.39, 0.29) is 22.3 Å². The zero-order valence-corrected chi connectivity index (χ0v) is 11.6. The Kier molecular flexibility index (Phi) is 4.69. The number of carbonyl (C=O) groups is 1. The molecule has 0 saturated heterocycles. The summed E-state index contributed by atoms with van der Waals surface area (Å²) in [7, 11) is 0. The van der Waals surface area contributed by atoms with E-state index in [1.54, 1.807) is 0 Å². The molecule has 0 bridgehead atoms. The van der Waals surface area contributed by atoms with Crippen LogP contribution in [0.4, 0.5) is 9.52 Å². The molecule has 2 N–H and O–H groups in total. The van der Waals surface area contributed by atoms with Gasteiger partial charge < -0.3 is 5.11 Å². The SMILES string of the molecule is O=C(Nc1ncc(C#CCO)s1)c1cc(Cl)ccc1F. The Morgan fingerprint density at radius 2 is 2.35 bits per heavy atom. The summed E-state index contributed by atoms with van der Waals surface area (Å²) in [5, 5.41) is 11.6. The van der Waals surface area contributed by atoms with E-state index in [0.29, 0.717) is 4.88 Å². The van der Waals surface area contributed by atoms with Crippen molar-refractivity contribution in [1.82, 2.24) is 4.98 Å². The van der Waals surface area contributed by atoms with Gasteiger partial charge in [0.2, 0.25) is 0 Å². The molecule has 0 aliphatic heterocycles. The highest BCUT2D eigenvalue weighted by molar-refractivity contribution is 7.16. The Hall–Kier alpha value is -1.94. The van der Waals surface area contributed by atoms with Crippen LogP contribution >= 0.6 is 22.9 Å². The second-order valence-corrected chi connectivity index (χ2v) is 5.03. The van der Waals surface area contributed by atoms with Crippen LogP contribution < -0.4 is 5.32 Å². The van der Waals surface area contributed by atoms with Gasteiger partial charge in [0.1, 0.15) is 12.4 Å². The highest BCUT2D eigenvalue weighted by Crippen LogP contribution is 2.20. The van der Waals surface area contributed by atoms with Gasteiger partial charge in [-0.05, 0) is 18.2 Å². The van der Waals surface area contributed by atoms with Crippen LogP contribution in [0.2, 0.25) is 5.02 Å². The fourth-order valence-electron chi connectivity index (χ4n) is 1.35. The summed E-state index contributed by atoms with van der Waals surface area (Å²) < 4.78 is 13.5. The number of nitrogens with zero attached hydrogens (tertiary/aromatic N) is 1. The number of aliphatic hydroxyl groups is 1. The molecule has 1 amide bonds. The van der Waals surface area contributed by atoms with E-state index >= 15 is 0 Å². The number of aromatic nitrogens is 1. The largest absolute Gasteiger partial charge is 0.384 e. The van der Waals surface area contributed by atoms with Crippen LogP contribution in [0.1, 0.15) is 15.2 Å². The molecule has 0 radical (unpaired) electrons. The standard InChI is InChI=1S/C13H8ClFN2O2S/c14-8-3-4-11(15)10(6-8)12(19)17-13-16-7-9(20-13)2-1-5-18/h3-4,6-7,18H,5H2,(H,16,17,19). The van der Waals surface area contributed by atoms with Crippen molar-refractivity contribution >= 4 is 34.0 Å². The first kappa shape index (κ1) is 14.5. The van der Waals surface area contributed by atoms with Crippen LogP contribution in [0.25, 0.3) is 0 Å². The van der Waals surface area contributed by atoms with Crippen molar-refractivity contribution in [3.8, 4) is 11.8 Å². The molecule has 1 heterocycles. The molecule has 0 saturated carbocycles. The van der Waals surface area contributed by atoms with Crippen molar-refractivity contribution in [3.63, 3.8) is 0 Å². The minimum absolute atomic E-state index is 0.157. The quantitative estimate of drug-likeness (QED) is 0.838. The number of amides is 1. The second kappa shape index (κ2) is 6.48. The number of thiazole rings is 1. The summed E-state index contributed by atoms with van der Waals surface area (Å²) in [6, 6.07) is 3.73. The number of hydrogen-bond donors (Lipinski definition) is 2. The molecule has 2 rings (SSSR count). The van der Waals surface area contributed by atoms with E-state index in [0.717, 1.165) is 17.4 Å². The lowest BCUT2D eigenvalue weighted by molar-refractivity contribution is 0.102. The maximum Gasteiger partial charge on any atom is 0.260 e. The van der Waals surface area contributed by atoms with Crippen LogP contribution in [0.3, 0.4) is 0 Å². The number of anilines is 1. The molecule has 7 heteroatoms. The van der Waals surface area contributed by atoms with E-state index in [4.69, 9.17) is 16.7 Å². The fourth-order valence-corrected chi connectivity index (χ4v) is 2.21. The fraction of sp³-hybridized carbons (Fsp3) is 0.0769. The van der Waals surface area contributed by atoms with Crippen molar-refractivity contribution in [2.24, 2.45) is 0 Å². The van der Waals surface area contributed by atoms with Gasteiger partial charge in [-0.2, -0.15) is 0 Å². The van der Waals surface area contributed by atoms with E-state index in [2.05, 4.69) is 22.1 Å². The molecular formula is C13H8ClFN2O2S. The van der Waals surface area contributed by atoms with Crippen LogP contribution in [0, 0.1) is 17.7 Å². The summed E-state index contributed by atoms with van der Waals surface area (Å²) in [6.45, 7) is -0.257. The normalized spacial score (nSPS) is 9.75. The first-order chi connectivity index (χ1) is 9.60. The van der Waals surface area contributed by atoms with Gasteiger partial charge in [0.05, 0.1) is 16.6 Å². The average Bonchev–Trinajstić information content (AvgIpc) is 2.86. The number of nitrogens with one attached hydrogen (secondary N) is 1. The average molecular weight is 311 g/mol. The topological polar surface area (TPSA) is 62.2 Å². The lowest BCUT2D eigenvalue weighted by Gasteiger charge is -2.03. The van der Waals surface area contributed by atoms with Gasteiger partial charge >= 0.3 is 0 Å². The zero-order chi connectivity index (χ0) is 14.5. The summed E-state index contributed by atoms with van der Waals surface area (Å²) in [4.78, 5) is 16.4. The van der Waals surface area contributed by atoms with Crippen LogP contribution in [-0.4, -0.2) is 22.6 Å². The predicted molar refractivity (Wildman–Crippen MR) is 75.4 cm³/mol. The minimum Gasteiger partial charge on any atom is -0.384 e. The number of benzene rings is 1. The van der Waals surface area contributed by atoms with Gasteiger partial charge in [-0.15, -0.1) is 0 Å². The molecule has 2 aromatic rings. The van der Waals surface area contributed by atoms with Crippen molar-refractivity contribution in [3.05, 3.63) is 45.7 Å². The molecule has 4 nitrogen and oxygen atoms in total. The van der Waals surface area contributed by atoms with E-state index in [1.807, 2.05) is 0 Å².